The summed E-state index contributed by atoms with van der Waals surface area (Å²) >= 11 is 0. The average molecular weight is 259 g/mol. The maximum absolute atomic E-state index is 12.9. The topological polar surface area (TPSA) is 22.1 Å². The molecule has 0 N–H and O–H groups in total. The molecule has 1 aromatic rings. The summed E-state index contributed by atoms with van der Waals surface area (Å²) in [5.74, 6) is -5.19. The zero-order valence-electron chi connectivity index (χ0n) is 8.32. The van der Waals surface area contributed by atoms with Crippen LogP contribution in [0.5, 0.6) is 5.88 Å². The average Bonchev–Trinajstić information content (AvgIpc) is 2.18. The van der Waals surface area contributed by atoms with Crippen molar-refractivity contribution in [2.45, 2.75) is 19.0 Å². The van der Waals surface area contributed by atoms with Crippen molar-refractivity contribution in [1.29, 1.82) is 0 Å². The molecule has 0 atom stereocenters. The van der Waals surface area contributed by atoms with Crippen LogP contribution in [0.1, 0.15) is 12.8 Å². The smallest absolute Gasteiger partial charge is 0.389 e. The Kier molecular flexibility index (Phi) is 4.19. The fourth-order valence-electron chi connectivity index (χ4n) is 0.971. The van der Waals surface area contributed by atoms with Gasteiger partial charge in [-0.05, 0) is 6.42 Å². The number of ether oxygens (including phenoxy) is 1. The monoisotopic (exact) mass is 259 g/mol. The van der Waals surface area contributed by atoms with E-state index in [4.69, 9.17) is 0 Å². The fraction of sp³-hybridized carbons (Fsp3) is 0.444. The van der Waals surface area contributed by atoms with Crippen LogP contribution in [-0.2, 0) is 0 Å². The van der Waals surface area contributed by atoms with E-state index in [1.807, 2.05) is 0 Å². The first-order chi connectivity index (χ1) is 7.79. The third-order valence-corrected chi connectivity index (χ3v) is 1.70. The molecule has 0 amide bonds. The lowest BCUT2D eigenvalue weighted by atomic mass is 10.3. The van der Waals surface area contributed by atoms with Crippen molar-refractivity contribution in [3.63, 3.8) is 0 Å². The van der Waals surface area contributed by atoms with E-state index in [1.54, 1.807) is 0 Å². The van der Waals surface area contributed by atoms with Gasteiger partial charge in [0.05, 0.1) is 6.61 Å². The van der Waals surface area contributed by atoms with Gasteiger partial charge in [-0.15, -0.1) is 0 Å². The number of hydrogen-bond acceptors (Lipinski definition) is 2. The number of nitrogens with zero attached hydrogens (tertiary/aromatic N) is 1. The Hall–Kier alpha value is -1.47. The van der Waals surface area contributed by atoms with Crippen LogP contribution in [0.15, 0.2) is 6.07 Å². The summed E-state index contributed by atoms with van der Waals surface area (Å²) < 4.78 is 77.5. The number of aromatic nitrogens is 1. The number of hydrogen-bond donors (Lipinski definition) is 0. The highest BCUT2D eigenvalue weighted by molar-refractivity contribution is 5.15. The van der Waals surface area contributed by atoms with Gasteiger partial charge in [0.25, 0.3) is 11.8 Å². The zero-order chi connectivity index (χ0) is 13.1. The summed E-state index contributed by atoms with van der Waals surface area (Å²) in [7, 11) is 0. The van der Waals surface area contributed by atoms with Crippen LogP contribution in [0, 0.1) is 17.6 Å². The van der Waals surface area contributed by atoms with Gasteiger partial charge in [-0.1, -0.05) is 0 Å². The fourth-order valence-corrected chi connectivity index (χ4v) is 0.971. The van der Waals surface area contributed by atoms with Gasteiger partial charge >= 0.3 is 6.18 Å². The van der Waals surface area contributed by atoms with Gasteiger partial charge in [0.1, 0.15) is 0 Å². The molecule has 96 valence electrons. The minimum Gasteiger partial charge on any atom is -0.476 e. The van der Waals surface area contributed by atoms with E-state index in [9.17, 15) is 26.3 Å². The van der Waals surface area contributed by atoms with E-state index >= 15 is 0 Å². The van der Waals surface area contributed by atoms with E-state index < -0.39 is 49.1 Å². The minimum atomic E-state index is -4.34. The van der Waals surface area contributed by atoms with Crippen LogP contribution in [0.25, 0.3) is 0 Å². The predicted octanol–water partition coefficient (Wildman–Crippen LogP) is 3.22. The maximum atomic E-state index is 12.9. The minimum absolute atomic E-state index is 0.210. The van der Waals surface area contributed by atoms with Crippen molar-refractivity contribution < 1.29 is 31.1 Å². The summed E-state index contributed by atoms with van der Waals surface area (Å²) in [6.07, 6.45) is -5.88. The highest BCUT2D eigenvalue weighted by atomic mass is 19.4. The molecule has 1 heterocycles. The van der Waals surface area contributed by atoms with E-state index in [1.165, 1.54) is 0 Å². The molecule has 0 aliphatic rings. The Morgan fingerprint density at radius 3 is 2.35 bits per heavy atom. The molecule has 0 saturated carbocycles. The molecule has 1 aromatic heterocycles. The van der Waals surface area contributed by atoms with Crippen LogP contribution in [0.3, 0.4) is 0 Å². The molecule has 17 heavy (non-hydrogen) atoms. The standard InChI is InChI=1S/C9H7F6NO/c10-5-4-6(11)8(16-7(5)12)17-3-1-2-9(13,14)15/h4H,1-3H2. The van der Waals surface area contributed by atoms with Gasteiger partial charge in [-0.2, -0.15) is 22.5 Å². The first-order valence-electron chi connectivity index (χ1n) is 4.50. The van der Waals surface area contributed by atoms with E-state index in [2.05, 4.69) is 9.72 Å². The molecule has 2 nitrogen and oxygen atoms in total. The van der Waals surface area contributed by atoms with Gasteiger partial charge in [0.15, 0.2) is 11.6 Å². The van der Waals surface area contributed by atoms with Crippen molar-refractivity contribution >= 4 is 0 Å². The Bertz CT molecular complexity index is 392. The van der Waals surface area contributed by atoms with Crippen molar-refractivity contribution in [2.75, 3.05) is 6.61 Å². The summed E-state index contributed by atoms with van der Waals surface area (Å²) in [6.45, 7) is -0.492. The molecule has 0 aliphatic heterocycles. The number of alkyl halides is 3. The molecular formula is C9H7F6NO. The maximum Gasteiger partial charge on any atom is 0.389 e. The second-order valence-corrected chi connectivity index (χ2v) is 3.12. The highest BCUT2D eigenvalue weighted by Gasteiger charge is 2.26. The Morgan fingerprint density at radius 2 is 1.76 bits per heavy atom. The molecular weight excluding hydrogens is 252 g/mol. The van der Waals surface area contributed by atoms with E-state index in [0.29, 0.717) is 0 Å². The van der Waals surface area contributed by atoms with Gasteiger partial charge in [-0.25, -0.2) is 8.78 Å². The third-order valence-electron chi connectivity index (χ3n) is 1.70. The first kappa shape index (κ1) is 13.6. The van der Waals surface area contributed by atoms with Crippen molar-refractivity contribution in [1.82, 2.24) is 4.98 Å². The SMILES string of the molecule is Fc1cc(F)c(OCCCC(F)(F)F)nc1F. The van der Waals surface area contributed by atoms with Gasteiger partial charge in [-0.3, -0.25) is 0 Å². The molecule has 0 radical (unpaired) electrons. The molecule has 0 fully saturated rings. The number of halogens is 6. The van der Waals surface area contributed by atoms with Crippen LogP contribution in [0.2, 0.25) is 0 Å². The highest BCUT2D eigenvalue weighted by Crippen LogP contribution is 2.22. The summed E-state index contributed by atoms with van der Waals surface area (Å²) in [5.41, 5.74) is 0. The molecule has 1 rings (SSSR count). The summed E-state index contributed by atoms with van der Waals surface area (Å²) in [4.78, 5) is 2.79. The van der Waals surface area contributed by atoms with Crippen LogP contribution >= 0.6 is 0 Å². The Balaban J connectivity index is 2.50. The Labute approximate surface area is 92.2 Å². The molecule has 0 bridgehead atoms. The number of rotatable bonds is 4. The lowest BCUT2D eigenvalue weighted by molar-refractivity contribution is -0.136. The largest absolute Gasteiger partial charge is 0.476 e. The predicted molar refractivity (Wildman–Crippen MR) is 44.9 cm³/mol. The van der Waals surface area contributed by atoms with E-state index in [0.717, 1.165) is 0 Å². The second-order valence-electron chi connectivity index (χ2n) is 3.12. The van der Waals surface area contributed by atoms with Crippen molar-refractivity contribution in [3.05, 3.63) is 23.6 Å². The quantitative estimate of drug-likeness (QED) is 0.470. The van der Waals surface area contributed by atoms with Crippen molar-refractivity contribution in [3.8, 4) is 5.88 Å². The zero-order valence-corrected chi connectivity index (χ0v) is 8.32. The Morgan fingerprint density at radius 1 is 1.12 bits per heavy atom. The summed E-state index contributed by atoms with van der Waals surface area (Å²) in [5, 5.41) is 0. The van der Waals surface area contributed by atoms with Gasteiger partial charge in [0, 0.05) is 12.5 Å². The first-order valence-corrected chi connectivity index (χ1v) is 4.50. The van der Waals surface area contributed by atoms with Crippen LogP contribution in [0.4, 0.5) is 26.3 Å². The molecule has 0 unspecified atom stereocenters. The van der Waals surface area contributed by atoms with E-state index in [-0.39, 0.29) is 6.07 Å². The van der Waals surface area contributed by atoms with Gasteiger partial charge in [0.2, 0.25) is 0 Å². The molecule has 0 aliphatic carbocycles. The lowest BCUT2D eigenvalue weighted by Crippen LogP contribution is -2.11. The normalized spacial score (nSPS) is 11.6. The van der Waals surface area contributed by atoms with Crippen LogP contribution in [-0.4, -0.2) is 17.8 Å². The number of pyridine rings is 1. The summed E-state index contributed by atoms with van der Waals surface area (Å²) in [6, 6.07) is 0.210. The van der Waals surface area contributed by atoms with Gasteiger partial charge < -0.3 is 4.74 Å². The molecule has 8 heteroatoms. The van der Waals surface area contributed by atoms with Crippen LogP contribution < -0.4 is 4.74 Å². The third kappa shape index (κ3) is 4.49. The molecule has 0 saturated heterocycles. The molecule has 0 spiro atoms. The lowest BCUT2D eigenvalue weighted by Gasteiger charge is -2.08. The second kappa shape index (κ2) is 5.24. The molecule has 0 aromatic carbocycles. The van der Waals surface area contributed by atoms with Crippen molar-refractivity contribution in [2.24, 2.45) is 0 Å².